The molecule has 1 amide bonds. The molecule has 3 nitrogen and oxygen atoms in total. The predicted octanol–water partition coefficient (Wildman–Crippen LogP) is 2.75. The van der Waals surface area contributed by atoms with E-state index in [2.05, 4.69) is 27.3 Å². The van der Waals surface area contributed by atoms with Crippen LogP contribution in [-0.2, 0) is 4.79 Å². The number of carbonyl (C=O) groups is 1. The average molecular weight is 343 g/mol. The Morgan fingerprint density at radius 2 is 2.16 bits per heavy atom. The van der Waals surface area contributed by atoms with Crippen molar-refractivity contribution < 1.29 is 4.79 Å². The highest BCUT2D eigenvalue weighted by atomic mass is 79.9. The molecule has 1 aromatic rings. The summed E-state index contributed by atoms with van der Waals surface area (Å²) in [6, 6.07) is 8.14. The Morgan fingerprint density at radius 1 is 1.32 bits per heavy atom. The molecule has 1 fully saturated rings. The number of carbonyl (C=O) groups excluding carboxylic acids is 1. The maximum absolute atomic E-state index is 12.1. The Hall–Kier alpha value is -0.520. The van der Waals surface area contributed by atoms with Crippen LogP contribution in [0.25, 0.3) is 0 Å². The summed E-state index contributed by atoms with van der Waals surface area (Å²) in [5, 5.41) is 3.32. The molecule has 0 atom stereocenters. The highest BCUT2D eigenvalue weighted by molar-refractivity contribution is 9.10. The number of halogens is 1. The normalized spacial score (nSPS) is 16.2. The molecule has 19 heavy (non-hydrogen) atoms. The molecular formula is C14H19BrN2OS. The number of amides is 1. The molecule has 0 aliphatic carbocycles. The van der Waals surface area contributed by atoms with Crippen molar-refractivity contribution in [3.63, 3.8) is 0 Å². The van der Waals surface area contributed by atoms with Crippen molar-refractivity contribution >= 4 is 33.6 Å². The Kier molecular flexibility index (Phi) is 6.20. The van der Waals surface area contributed by atoms with Crippen molar-refractivity contribution in [1.29, 1.82) is 0 Å². The Labute approximate surface area is 127 Å². The van der Waals surface area contributed by atoms with Crippen LogP contribution in [0.4, 0.5) is 0 Å². The fraction of sp³-hybridized carbons (Fsp3) is 0.500. The SMILES string of the molecule is O=C(CCSc1ccccc1Br)N1CCCNCC1. The van der Waals surface area contributed by atoms with E-state index in [-0.39, 0.29) is 5.91 Å². The van der Waals surface area contributed by atoms with Crippen LogP contribution in [-0.4, -0.2) is 42.7 Å². The first-order chi connectivity index (χ1) is 9.27. The van der Waals surface area contributed by atoms with Crippen LogP contribution >= 0.6 is 27.7 Å². The van der Waals surface area contributed by atoms with E-state index in [4.69, 9.17) is 0 Å². The number of rotatable bonds is 4. The van der Waals surface area contributed by atoms with Crippen LogP contribution in [0.1, 0.15) is 12.8 Å². The monoisotopic (exact) mass is 342 g/mol. The standard InChI is InChI=1S/C14H19BrN2OS/c15-12-4-1-2-5-13(12)19-11-6-14(18)17-9-3-7-16-8-10-17/h1-2,4-5,16H,3,6-11H2. The third-order valence-electron chi connectivity index (χ3n) is 3.10. The van der Waals surface area contributed by atoms with E-state index in [1.807, 2.05) is 23.1 Å². The molecule has 0 spiro atoms. The van der Waals surface area contributed by atoms with Crippen LogP contribution in [0.3, 0.4) is 0 Å². The first kappa shape index (κ1) is 14.9. The lowest BCUT2D eigenvalue weighted by Crippen LogP contribution is -2.34. The molecule has 2 rings (SSSR count). The van der Waals surface area contributed by atoms with Crippen molar-refractivity contribution in [2.24, 2.45) is 0 Å². The molecule has 1 aliphatic rings. The Balaban J connectivity index is 1.76. The van der Waals surface area contributed by atoms with Crippen molar-refractivity contribution in [2.75, 3.05) is 31.9 Å². The summed E-state index contributed by atoms with van der Waals surface area (Å²) in [6.07, 6.45) is 1.68. The Bertz CT molecular complexity index is 420. The summed E-state index contributed by atoms with van der Waals surface area (Å²) < 4.78 is 1.10. The molecule has 1 aliphatic heterocycles. The summed E-state index contributed by atoms with van der Waals surface area (Å²) in [6.45, 7) is 3.68. The van der Waals surface area contributed by atoms with Gasteiger partial charge in [-0.3, -0.25) is 4.79 Å². The first-order valence-electron chi connectivity index (χ1n) is 6.63. The van der Waals surface area contributed by atoms with Gasteiger partial charge in [0.25, 0.3) is 0 Å². The predicted molar refractivity (Wildman–Crippen MR) is 83.5 cm³/mol. The summed E-state index contributed by atoms with van der Waals surface area (Å²) in [5.41, 5.74) is 0. The van der Waals surface area contributed by atoms with E-state index < -0.39 is 0 Å². The molecule has 0 saturated carbocycles. The minimum absolute atomic E-state index is 0.281. The maximum Gasteiger partial charge on any atom is 0.223 e. The van der Waals surface area contributed by atoms with Crippen LogP contribution in [0.2, 0.25) is 0 Å². The van der Waals surface area contributed by atoms with E-state index in [0.717, 1.165) is 42.8 Å². The molecule has 104 valence electrons. The first-order valence-corrected chi connectivity index (χ1v) is 8.41. The highest BCUT2D eigenvalue weighted by Gasteiger charge is 2.14. The molecule has 1 N–H and O–H groups in total. The number of thioether (sulfide) groups is 1. The summed E-state index contributed by atoms with van der Waals surface area (Å²) in [7, 11) is 0. The second-order valence-electron chi connectivity index (χ2n) is 4.51. The zero-order chi connectivity index (χ0) is 13.5. The second-order valence-corrected chi connectivity index (χ2v) is 6.50. The van der Waals surface area contributed by atoms with E-state index in [1.165, 1.54) is 4.90 Å². The second kappa shape index (κ2) is 7.92. The van der Waals surface area contributed by atoms with Crippen LogP contribution in [0.15, 0.2) is 33.6 Å². The number of nitrogens with zero attached hydrogens (tertiary/aromatic N) is 1. The van der Waals surface area contributed by atoms with Crippen molar-refractivity contribution in [3.8, 4) is 0 Å². The quantitative estimate of drug-likeness (QED) is 0.854. The Morgan fingerprint density at radius 3 is 3.00 bits per heavy atom. The van der Waals surface area contributed by atoms with E-state index in [9.17, 15) is 4.79 Å². The van der Waals surface area contributed by atoms with Crippen molar-refractivity contribution in [2.45, 2.75) is 17.7 Å². The summed E-state index contributed by atoms with van der Waals surface area (Å²) in [5.74, 6) is 1.12. The lowest BCUT2D eigenvalue weighted by molar-refractivity contribution is -0.130. The van der Waals surface area contributed by atoms with Gasteiger partial charge in [0, 0.05) is 41.2 Å². The van der Waals surface area contributed by atoms with Gasteiger partial charge >= 0.3 is 0 Å². The minimum Gasteiger partial charge on any atom is -0.341 e. The molecule has 5 heteroatoms. The molecule has 0 aromatic heterocycles. The van der Waals surface area contributed by atoms with Crippen LogP contribution in [0, 0.1) is 0 Å². The zero-order valence-corrected chi connectivity index (χ0v) is 13.3. The van der Waals surface area contributed by atoms with Crippen molar-refractivity contribution in [3.05, 3.63) is 28.7 Å². The van der Waals surface area contributed by atoms with Crippen LogP contribution in [0.5, 0.6) is 0 Å². The zero-order valence-electron chi connectivity index (χ0n) is 10.9. The molecule has 1 heterocycles. The lowest BCUT2D eigenvalue weighted by atomic mass is 10.3. The summed E-state index contributed by atoms with van der Waals surface area (Å²) in [4.78, 5) is 15.3. The van der Waals surface area contributed by atoms with Gasteiger partial charge in [0.1, 0.15) is 0 Å². The van der Waals surface area contributed by atoms with Gasteiger partial charge in [-0.15, -0.1) is 11.8 Å². The topological polar surface area (TPSA) is 32.3 Å². The molecular weight excluding hydrogens is 324 g/mol. The number of hydrogen-bond donors (Lipinski definition) is 1. The molecule has 0 radical (unpaired) electrons. The maximum atomic E-state index is 12.1. The third-order valence-corrected chi connectivity index (χ3v) is 5.13. The molecule has 0 bridgehead atoms. The van der Waals surface area contributed by atoms with Gasteiger partial charge in [-0.1, -0.05) is 12.1 Å². The molecule has 1 saturated heterocycles. The fourth-order valence-corrected chi connectivity index (χ4v) is 3.57. The van der Waals surface area contributed by atoms with Crippen LogP contribution < -0.4 is 5.32 Å². The van der Waals surface area contributed by atoms with E-state index in [1.54, 1.807) is 11.8 Å². The largest absolute Gasteiger partial charge is 0.341 e. The average Bonchev–Trinajstić information content (AvgIpc) is 2.70. The molecule has 1 aromatic carbocycles. The van der Waals surface area contributed by atoms with Gasteiger partial charge < -0.3 is 10.2 Å². The summed E-state index contributed by atoms with van der Waals surface area (Å²) >= 11 is 5.26. The van der Waals surface area contributed by atoms with E-state index >= 15 is 0 Å². The van der Waals surface area contributed by atoms with Gasteiger partial charge in [0.2, 0.25) is 5.91 Å². The third kappa shape index (κ3) is 4.82. The molecule has 0 unspecified atom stereocenters. The van der Waals surface area contributed by atoms with Gasteiger partial charge in [-0.05, 0) is 41.0 Å². The van der Waals surface area contributed by atoms with Crippen molar-refractivity contribution in [1.82, 2.24) is 10.2 Å². The van der Waals surface area contributed by atoms with Gasteiger partial charge in [-0.2, -0.15) is 0 Å². The van der Waals surface area contributed by atoms with Gasteiger partial charge in [-0.25, -0.2) is 0 Å². The fourth-order valence-electron chi connectivity index (χ4n) is 2.06. The lowest BCUT2D eigenvalue weighted by Gasteiger charge is -2.19. The number of nitrogens with one attached hydrogen (secondary N) is 1. The smallest absolute Gasteiger partial charge is 0.223 e. The minimum atomic E-state index is 0.281. The van der Waals surface area contributed by atoms with Gasteiger partial charge in [0.05, 0.1) is 0 Å². The van der Waals surface area contributed by atoms with Gasteiger partial charge in [0.15, 0.2) is 0 Å². The number of benzene rings is 1. The highest BCUT2D eigenvalue weighted by Crippen LogP contribution is 2.27. The number of hydrogen-bond acceptors (Lipinski definition) is 3. The van der Waals surface area contributed by atoms with E-state index in [0.29, 0.717) is 6.42 Å².